The molecule has 1 saturated heterocycles. The van der Waals surface area contributed by atoms with Crippen molar-refractivity contribution in [1.29, 1.82) is 0 Å². The number of fused-ring (bicyclic) bond motifs is 1. The fourth-order valence-electron chi connectivity index (χ4n) is 3.63. The first-order chi connectivity index (χ1) is 10.4. The molecule has 1 aliphatic heterocycles. The molecule has 0 aromatic heterocycles. The molecular formula is C15H20ClFN2O2S. The highest BCUT2D eigenvalue weighted by atomic mass is 35.5. The van der Waals surface area contributed by atoms with Gasteiger partial charge in [0.15, 0.2) is 0 Å². The fraction of sp³-hybridized carbons (Fsp3) is 0.600. The van der Waals surface area contributed by atoms with Crippen molar-refractivity contribution in [1.82, 2.24) is 4.31 Å². The van der Waals surface area contributed by atoms with Crippen LogP contribution in [0.1, 0.15) is 24.8 Å². The van der Waals surface area contributed by atoms with Gasteiger partial charge in [-0.1, -0.05) is 24.1 Å². The number of rotatable bonds is 3. The second kappa shape index (κ2) is 6.07. The lowest BCUT2D eigenvalue weighted by Gasteiger charge is -2.29. The molecule has 3 atom stereocenters. The Morgan fingerprint density at radius 2 is 2.09 bits per heavy atom. The number of halogens is 2. The number of hydrogen-bond donors (Lipinski definition) is 1. The molecular weight excluding hydrogens is 327 g/mol. The van der Waals surface area contributed by atoms with Gasteiger partial charge < -0.3 is 5.73 Å². The van der Waals surface area contributed by atoms with Gasteiger partial charge >= 0.3 is 0 Å². The Balaban J connectivity index is 1.74. The molecule has 7 heteroatoms. The minimum Gasteiger partial charge on any atom is -0.327 e. The summed E-state index contributed by atoms with van der Waals surface area (Å²) in [5.41, 5.74) is 6.64. The zero-order valence-corrected chi connectivity index (χ0v) is 13.8. The van der Waals surface area contributed by atoms with Crippen molar-refractivity contribution >= 4 is 21.6 Å². The summed E-state index contributed by atoms with van der Waals surface area (Å²) < 4.78 is 39.9. The Bertz CT molecular complexity index is 668. The minimum absolute atomic E-state index is 0.0511. The topological polar surface area (TPSA) is 63.4 Å². The predicted molar refractivity (Wildman–Crippen MR) is 84.4 cm³/mol. The van der Waals surface area contributed by atoms with E-state index in [9.17, 15) is 12.8 Å². The number of nitrogens with two attached hydrogens (primary N) is 1. The summed E-state index contributed by atoms with van der Waals surface area (Å²) in [6, 6.07) is 4.14. The highest BCUT2D eigenvalue weighted by Crippen LogP contribution is 2.37. The van der Waals surface area contributed by atoms with Gasteiger partial charge in [-0.3, -0.25) is 0 Å². The summed E-state index contributed by atoms with van der Waals surface area (Å²) in [7, 11) is -3.43. The third-order valence-corrected chi connectivity index (χ3v) is 6.92. The second-order valence-electron chi connectivity index (χ2n) is 6.34. The van der Waals surface area contributed by atoms with Crippen molar-refractivity contribution in [2.75, 3.05) is 13.1 Å². The Morgan fingerprint density at radius 3 is 2.77 bits per heavy atom. The largest absolute Gasteiger partial charge is 0.327 e. The molecule has 22 heavy (non-hydrogen) atoms. The molecule has 4 nitrogen and oxygen atoms in total. The fourth-order valence-corrected chi connectivity index (χ4v) is 5.44. The van der Waals surface area contributed by atoms with E-state index in [0.29, 0.717) is 24.6 Å². The zero-order chi connectivity index (χ0) is 15.9. The van der Waals surface area contributed by atoms with E-state index in [4.69, 9.17) is 17.3 Å². The first kappa shape index (κ1) is 16.2. The van der Waals surface area contributed by atoms with E-state index in [2.05, 4.69) is 0 Å². The Kier molecular flexibility index (Phi) is 4.47. The van der Waals surface area contributed by atoms with Gasteiger partial charge in [0.25, 0.3) is 0 Å². The van der Waals surface area contributed by atoms with Crippen molar-refractivity contribution < 1.29 is 12.8 Å². The van der Waals surface area contributed by atoms with Crippen LogP contribution in [0.4, 0.5) is 4.39 Å². The standard InChI is InChI=1S/C15H20ClFN2O2S/c16-13-6-10(4-5-14(13)17)9-22(20,21)19-7-11-2-1-3-15(18)12(11)8-19/h4-6,11-12,15H,1-3,7-9,18H2. The average molecular weight is 347 g/mol. The van der Waals surface area contributed by atoms with Gasteiger partial charge in [-0.25, -0.2) is 17.1 Å². The monoisotopic (exact) mass is 346 g/mol. The van der Waals surface area contributed by atoms with Crippen LogP contribution >= 0.6 is 11.6 Å². The molecule has 3 rings (SSSR count). The quantitative estimate of drug-likeness (QED) is 0.913. The zero-order valence-electron chi connectivity index (χ0n) is 12.2. The summed E-state index contributed by atoms with van der Waals surface area (Å²) in [5, 5.41) is -0.0511. The first-order valence-electron chi connectivity index (χ1n) is 7.54. The van der Waals surface area contributed by atoms with Gasteiger partial charge in [0.2, 0.25) is 10.0 Å². The molecule has 2 N–H and O–H groups in total. The Hall–Kier alpha value is -0.690. The van der Waals surface area contributed by atoms with E-state index >= 15 is 0 Å². The third kappa shape index (κ3) is 3.15. The molecule has 0 radical (unpaired) electrons. The van der Waals surface area contributed by atoms with Gasteiger partial charge in [-0.05, 0) is 42.4 Å². The van der Waals surface area contributed by atoms with E-state index in [1.165, 1.54) is 18.2 Å². The molecule has 1 aromatic rings. The summed E-state index contributed by atoms with van der Waals surface area (Å²) in [5.74, 6) is -0.0570. The molecule has 1 aliphatic carbocycles. The van der Waals surface area contributed by atoms with E-state index in [1.54, 1.807) is 4.31 Å². The van der Waals surface area contributed by atoms with Gasteiger partial charge in [-0.2, -0.15) is 0 Å². The van der Waals surface area contributed by atoms with Gasteiger partial charge in [0.05, 0.1) is 10.8 Å². The van der Waals surface area contributed by atoms with E-state index in [-0.39, 0.29) is 22.7 Å². The number of hydrogen-bond acceptors (Lipinski definition) is 3. The molecule has 3 unspecified atom stereocenters. The Morgan fingerprint density at radius 1 is 1.32 bits per heavy atom. The highest BCUT2D eigenvalue weighted by Gasteiger charge is 2.42. The van der Waals surface area contributed by atoms with Crippen LogP contribution in [-0.4, -0.2) is 31.9 Å². The lowest BCUT2D eigenvalue weighted by Crippen LogP contribution is -2.38. The van der Waals surface area contributed by atoms with Crippen LogP contribution in [0.3, 0.4) is 0 Å². The van der Waals surface area contributed by atoms with Crippen molar-refractivity contribution in [3.8, 4) is 0 Å². The van der Waals surface area contributed by atoms with Crippen LogP contribution in [0.5, 0.6) is 0 Å². The van der Waals surface area contributed by atoms with Gasteiger partial charge in [0, 0.05) is 19.1 Å². The van der Waals surface area contributed by atoms with Crippen LogP contribution in [0, 0.1) is 17.7 Å². The first-order valence-corrected chi connectivity index (χ1v) is 9.53. The van der Waals surface area contributed by atoms with Gasteiger partial charge in [0.1, 0.15) is 5.82 Å². The molecule has 2 fully saturated rings. The SMILES string of the molecule is NC1CCCC2CN(S(=O)(=O)Cc3ccc(F)c(Cl)c3)CC12. The third-order valence-electron chi connectivity index (χ3n) is 4.85. The van der Waals surface area contributed by atoms with Crippen LogP contribution in [0.25, 0.3) is 0 Å². The van der Waals surface area contributed by atoms with Crippen molar-refractivity contribution in [2.24, 2.45) is 17.6 Å². The molecule has 1 aromatic carbocycles. The predicted octanol–water partition coefficient (Wildman–Crippen LogP) is 2.37. The molecule has 0 bridgehead atoms. The average Bonchev–Trinajstić information content (AvgIpc) is 2.89. The van der Waals surface area contributed by atoms with Crippen molar-refractivity contribution in [3.63, 3.8) is 0 Å². The van der Waals surface area contributed by atoms with Crippen molar-refractivity contribution in [2.45, 2.75) is 31.1 Å². The van der Waals surface area contributed by atoms with E-state index < -0.39 is 15.8 Å². The lowest BCUT2D eigenvalue weighted by molar-refractivity contribution is 0.260. The highest BCUT2D eigenvalue weighted by molar-refractivity contribution is 7.88. The van der Waals surface area contributed by atoms with Crippen LogP contribution in [-0.2, 0) is 15.8 Å². The Labute approximate surface area is 135 Å². The molecule has 122 valence electrons. The maximum absolute atomic E-state index is 13.2. The summed E-state index contributed by atoms with van der Waals surface area (Å²) in [6.07, 6.45) is 3.10. The normalized spacial score (nSPS) is 29.5. The molecule has 0 amide bonds. The van der Waals surface area contributed by atoms with Crippen LogP contribution < -0.4 is 5.73 Å². The molecule has 1 heterocycles. The number of nitrogens with zero attached hydrogens (tertiary/aromatic N) is 1. The van der Waals surface area contributed by atoms with Crippen molar-refractivity contribution in [3.05, 3.63) is 34.6 Å². The maximum atomic E-state index is 13.2. The van der Waals surface area contributed by atoms with Gasteiger partial charge in [-0.15, -0.1) is 0 Å². The smallest absolute Gasteiger partial charge is 0.218 e. The second-order valence-corrected chi connectivity index (χ2v) is 8.72. The van der Waals surface area contributed by atoms with Crippen LogP contribution in [0.15, 0.2) is 18.2 Å². The van der Waals surface area contributed by atoms with Crippen LogP contribution in [0.2, 0.25) is 5.02 Å². The van der Waals surface area contributed by atoms with E-state index in [0.717, 1.165) is 19.3 Å². The minimum atomic E-state index is -3.43. The maximum Gasteiger partial charge on any atom is 0.218 e. The number of benzene rings is 1. The summed E-state index contributed by atoms with van der Waals surface area (Å²) in [4.78, 5) is 0. The molecule has 2 aliphatic rings. The summed E-state index contributed by atoms with van der Waals surface area (Å²) >= 11 is 5.72. The molecule has 1 saturated carbocycles. The van der Waals surface area contributed by atoms with E-state index in [1.807, 2.05) is 0 Å². The lowest BCUT2D eigenvalue weighted by atomic mass is 9.78. The summed E-state index contributed by atoms with van der Waals surface area (Å²) in [6.45, 7) is 1.05. The number of sulfonamides is 1. The molecule has 0 spiro atoms.